The number of nitrogens with zero attached hydrogens (tertiary/aromatic N) is 3. The van der Waals surface area contributed by atoms with E-state index in [9.17, 15) is 4.79 Å². The number of guanidine groups is 1. The van der Waals surface area contributed by atoms with Gasteiger partial charge in [-0.3, -0.25) is 9.69 Å². The second kappa shape index (κ2) is 13.8. The Kier molecular flexibility index (Phi) is 12.3. The van der Waals surface area contributed by atoms with Crippen LogP contribution in [0.4, 0.5) is 0 Å². The van der Waals surface area contributed by atoms with Gasteiger partial charge in [0.25, 0.3) is 0 Å². The molecule has 0 unspecified atom stereocenters. The normalized spacial score (nSPS) is 15.0. The molecule has 0 atom stereocenters. The lowest BCUT2D eigenvalue weighted by Crippen LogP contribution is -2.46. The Hall–Kier alpha value is -1.59. The third-order valence-corrected chi connectivity index (χ3v) is 4.78. The van der Waals surface area contributed by atoms with Crippen molar-refractivity contribution in [3.63, 3.8) is 0 Å². The fourth-order valence-corrected chi connectivity index (χ4v) is 3.03. The number of morpholine rings is 1. The van der Waals surface area contributed by atoms with Gasteiger partial charge >= 0.3 is 0 Å². The van der Waals surface area contributed by atoms with Crippen LogP contribution in [-0.4, -0.2) is 87.3 Å². The number of ether oxygens (including phenoxy) is 2. The van der Waals surface area contributed by atoms with Gasteiger partial charge < -0.3 is 25.0 Å². The third-order valence-electron chi connectivity index (χ3n) is 4.78. The van der Waals surface area contributed by atoms with E-state index in [1.165, 1.54) is 0 Å². The summed E-state index contributed by atoms with van der Waals surface area (Å²) < 4.78 is 11.6. The average molecular weight is 562 g/mol. The summed E-state index contributed by atoms with van der Waals surface area (Å²) in [6, 6.07) is 6.16. The summed E-state index contributed by atoms with van der Waals surface area (Å²) in [5, 5.41) is 6.51. The van der Waals surface area contributed by atoms with E-state index in [0.29, 0.717) is 12.5 Å². The molecule has 0 saturated carbocycles. The molecule has 0 bridgehead atoms. The van der Waals surface area contributed by atoms with Gasteiger partial charge in [0.1, 0.15) is 11.4 Å². The number of hydrogen-bond donors (Lipinski definition) is 2. The topological polar surface area (TPSA) is 78.4 Å². The Morgan fingerprint density at radius 1 is 1.22 bits per heavy atom. The van der Waals surface area contributed by atoms with Gasteiger partial charge in [-0.2, -0.15) is 0 Å². The number of halogens is 1. The van der Waals surface area contributed by atoms with Crippen LogP contribution in [0.3, 0.4) is 0 Å². The second-order valence-electron chi connectivity index (χ2n) is 9.01. The lowest BCUT2D eigenvalue weighted by atomic mass is 10.1. The fraction of sp³-hybridized carbons (Fsp3) is 0.652. The molecule has 1 amide bonds. The first-order valence-corrected chi connectivity index (χ1v) is 10.9. The zero-order valence-electron chi connectivity index (χ0n) is 20.4. The third kappa shape index (κ3) is 10.8. The first-order valence-electron chi connectivity index (χ1n) is 10.9. The van der Waals surface area contributed by atoms with Crippen molar-refractivity contribution in [1.29, 1.82) is 0 Å². The number of likely N-dealkylation sites (N-methyl/N-ethyl adjacent to an activating group) is 1. The minimum Gasteiger partial charge on any atom is -0.488 e. The Morgan fingerprint density at radius 2 is 1.91 bits per heavy atom. The van der Waals surface area contributed by atoms with E-state index in [0.717, 1.165) is 56.3 Å². The van der Waals surface area contributed by atoms with E-state index in [1.807, 2.05) is 26.8 Å². The van der Waals surface area contributed by atoms with Crippen LogP contribution in [-0.2, 0) is 16.1 Å². The van der Waals surface area contributed by atoms with Crippen LogP contribution in [0.1, 0.15) is 31.9 Å². The minimum atomic E-state index is -0.290. The van der Waals surface area contributed by atoms with Crippen LogP contribution in [0, 0.1) is 6.92 Å². The van der Waals surface area contributed by atoms with Gasteiger partial charge in [-0.05, 0) is 39.3 Å². The molecule has 1 aromatic rings. The number of rotatable bonds is 8. The highest BCUT2D eigenvalue weighted by atomic mass is 127. The van der Waals surface area contributed by atoms with Gasteiger partial charge in [-0.15, -0.1) is 24.0 Å². The number of benzene rings is 1. The maximum absolute atomic E-state index is 12.0. The van der Waals surface area contributed by atoms with E-state index >= 15 is 0 Å². The Bertz CT molecular complexity index is 744. The van der Waals surface area contributed by atoms with Crippen molar-refractivity contribution in [2.24, 2.45) is 4.99 Å². The molecule has 9 heteroatoms. The first kappa shape index (κ1) is 28.4. The molecule has 2 N–H and O–H groups in total. The summed E-state index contributed by atoms with van der Waals surface area (Å²) in [5.74, 6) is 1.45. The molecular weight excluding hydrogens is 521 g/mol. The molecule has 2 rings (SSSR count). The molecule has 1 aliphatic rings. The molecule has 1 fully saturated rings. The monoisotopic (exact) mass is 561 g/mol. The molecule has 1 heterocycles. The quantitative estimate of drug-likeness (QED) is 0.288. The SMILES string of the molecule is Cc1ccc(CN=C(NCCN2CCOCC2)NCC(=O)N(C)C)c(OC(C)(C)C)c1.I. The summed E-state index contributed by atoms with van der Waals surface area (Å²) in [6.07, 6.45) is 0. The number of nitrogens with one attached hydrogen (secondary N) is 2. The van der Waals surface area contributed by atoms with Crippen molar-refractivity contribution in [3.8, 4) is 5.75 Å². The summed E-state index contributed by atoms with van der Waals surface area (Å²) >= 11 is 0. The smallest absolute Gasteiger partial charge is 0.241 e. The van der Waals surface area contributed by atoms with Crippen LogP contribution < -0.4 is 15.4 Å². The van der Waals surface area contributed by atoms with Gasteiger partial charge in [0.15, 0.2) is 5.96 Å². The molecule has 8 nitrogen and oxygen atoms in total. The van der Waals surface area contributed by atoms with Crippen LogP contribution in [0.2, 0.25) is 0 Å². The Balaban J connectivity index is 0.00000512. The molecular formula is C23H40IN5O3. The Morgan fingerprint density at radius 3 is 2.53 bits per heavy atom. The van der Waals surface area contributed by atoms with E-state index in [2.05, 4.69) is 34.6 Å². The lowest BCUT2D eigenvalue weighted by molar-refractivity contribution is -0.127. The molecule has 0 radical (unpaired) electrons. The predicted octanol–water partition coefficient (Wildman–Crippen LogP) is 2.25. The van der Waals surface area contributed by atoms with Crippen LogP contribution in [0.25, 0.3) is 0 Å². The van der Waals surface area contributed by atoms with Crippen molar-refractivity contribution < 1.29 is 14.3 Å². The number of aryl methyl sites for hydroxylation is 1. The second-order valence-corrected chi connectivity index (χ2v) is 9.01. The van der Waals surface area contributed by atoms with Crippen LogP contribution >= 0.6 is 24.0 Å². The van der Waals surface area contributed by atoms with Crippen molar-refractivity contribution in [2.45, 2.75) is 39.8 Å². The molecule has 1 saturated heterocycles. The highest BCUT2D eigenvalue weighted by Gasteiger charge is 2.15. The highest BCUT2D eigenvalue weighted by molar-refractivity contribution is 14.0. The summed E-state index contributed by atoms with van der Waals surface area (Å²) in [7, 11) is 3.49. The van der Waals surface area contributed by atoms with Crippen molar-refractivity contribution >= 4 is 35.8 Å². The molecule has 0 aromatic heterocycles. The van der Waals surface area contributed by atoms with E-state index in [1.54, 1.807) is 19.0 Å². The van der Waals surface area contributed by atoms with Gasteiger partial charge in [0.05, 0.1) is 26.3 Å². The minimum absolute atomic E-state index is 0. The van der Waals surface area contributed by atoms with Gasteiger partial charge in [-0.1, -0.05) is 12.1 Å². The zero-order chi connectivity index (χ0) is 22.9. The molecule has 0 aliphatic carbocycles. The standard InChI is InChI=1S/C23H39N5O3.HI/c1-18-7-8-19(20(15-18)31-23(2,3)4)16-25-22(26-17-21(29)27(5)6)24-9-10-28-11-13-30-14-12-28;/h7-8,15H,9-14,16-17H2,1-6H3,(H2,24,25,26);1H. The van der Waals surface area contributed by atoms with E-state index in [4.69, 9.17) is 14.5 Å². The molecule has 0 spiro atoms. The molecule has 32 heavy (non-hydrogen) atoms. The van der Waals surface area contributed by atoms with Crippen molar-refractivity contribution in [3.05, 3.63) is 29.3 Å². The Labute approximate surface area is 210 Å². The summed E-state index contributed by atoms with van der Waals surface area (Å²) in [6.45, 7) is 13.9. The summed E-state index contributed by atoms with van der Waals surface area (Å²) in [5.41, 5.74) is 1.86. The molecule has 1 aromatic carbocycles. The number of amides is 1. The number of carbonyl (C=O) groups is 1. The number of hydrogen-bond acceptors (Lipinski definition) is 5. The van der Waals surface area contributed by atoms with Crippen molar-refractivity contribution in [2.75, 3.05) is 60.0 Å². The maximum Gasteiger partial charge on any atom is 0.241 e. The molecule has 182 valence electrons. The van der Waals surface area contributed by atoms with Crippen LogP contribution in [0.5, 0.6) is 5.75 Å². The van der Waals surface area contributed by atoms with E-state index in [-0.39, 0.29) is 42.0 Å². The fourth-order valence-electron chi connectivity index (χ4n) is 3.03. The van der Waals surface area contributed by atoms with Gasteiger partial charge in [0.2, 0.25) is 5.91 Å². The van der Waals surface area contributed by atoms with E-state index < -0.39 is 0 Å². The zero-order valence-corrected chi connectivity index (χ0v) is 22.7. The van der Waals surface area contributed by atoms with Gasteiger partial charge in [-0.25, -0.2) is 4.99 Å². The summed E-state index contributed by atoms with van der Waals surface area (Å²) in [4.78, 5) is 20.7. The first-order chi connectivity index (χ1) is 14.6. The predicted molar refractivity (Wildman–Crippen MR) is 140 cm³/mol. The molecule has 1 aliphatic heterocycles. The van der Waals surface area contributed by atoms with Gasteiger partial charge in [0, 0.05) is 45.8 Å². The largest absolute Gasteiger partial charge is 0.488 e. The number of aliphatic imine (C=N–C) groups is 1. The lowest BCUT2D eigenvalue weighted by Gasteiger charge is -2.27. The highest BCUT2D eigenvalue weighted by Crippen LogP contribution is 2.25. The average Bonchev–Trinajstić information content (AvgIpc) is 2.70. The van der Waals surface area contributed by atoms with Crippen molar-refractivity contribution in [1.82, 2.24) is 20.4 Å². The van der Waals surface area contributed by atoms with Crippen LogP contribution in [0.15, 0.2) is 23.2 Å². The number of carbonyl (C=O) groups excluding carboxylic acids is 1. The maximum atomic E-state index is 12.0.